The summed E-state index contributed by atoms with van der Waals surface area (Å²) < 4.78 is 7.24. The van der Waals surface area contributed by atoms with Gasteiger partial charge in [-0.1, -0.05) is 98.7 Å². The number of nitrogens with one attached hydrogen (secondary N) is 1. The van der Waals surface area contributed by atoms with E-state index in [2.05, 4.69) is 149 Å². The molecule has 0 aliphatic carbocycles. The summed E-state index contributed by atoms with van der Waals surface area (Å²) in [7, 11) is 0. The van der Waals surface area contributed by atoms with Crippen LogP contribution < -0.4 is 33.9 Å². The molecule has 1 atom stereocenters. The van der Waals surface area contributed by atoms with Gasteiger partial charge in [-0.15, -0.1) is 0 Å². The zero-order valence-corrected chi connectivity index (χ0v) is 27.3. The average Bonchev–Trinajstić information content (AvgIpc) is 3.59. The summed E-state index contributed by atoms with van der Waals surface area (Å²) in [6.07, 6.45) is 15.3. The maximum Gasteiger partial charge on any atom is 0.279 e. The van der Waals surface area contributed by atoms with Gasteiger partial charge < -0.3 is 24.8 Å². The predicted molar refractivity (Wildman–Crippen MR) is 157 cm³/mol. The molecule has 0 amide bonds. The Labute approximate surface area is 254 Å². The summed E-state index contributed by atoms with van der Waals surface area (Å²) in [6, 6.07) is 13.7. The van der Waals surface area contributed by atoms with Crippen molar-refractivity contribution in [2.45, 2.75) is 104 Å². The van der Waals surface area contributed by atoms with Crippen LogP contribution in [-0.4, -0.2) is 9.55 Å². The molecule has 2 aromatic heterocycles. The summed E-state index contributed by atoms with van der Waals surface area (Å²) in [5.74, 6) is 1.70. The van der Waals surface area contributed by atoms with Gasteiger partial charge in [0.15, 0.2) is 0 Å². The monoisotopic (exact) mass is 582 g/mol. The number of hydrogen-bond acceptors (Lipinski definition) is 0. The molecule has 218 valence electrons. The molecule has 2 heterocycles. The largest absolute Gasteiger partial charge is 1.00 e. The second-order valence-corrected chi connectivity index (χ2v) is 12.0. The highest BCUT2D eigenvalue weighted by molar-refractivity contribution is 5.51. The highest BCUT2D eigenvalue weighted by Gasteiger charge is 2.48. The molecule has 0 saturated heterocycles. The number of aromatic amines is 1. The van der Waals surface area contributed by atoms with E-state index in [4.69, 9.17) is 0 Å². The first-order valence-electron chi connectivity index (χ1n) is 14.5. The molecule has 0 radical (unpaired) electrons. The van der Waals surface area contributed by atoms with E-state index in [0.29, 0.717) is 23.7 Å². The number of imidazole rings is 2. The van der Waals surface area contributed by atoms with E-state index >= 15 is 0 Å². The normalized spacial score (nSPS) is 13.0. The molecule has 1 unspecified atom stereocenters. The highest BCUT2D eigenvalue weighted by Crippen LogP contribution is 2.37. The van der Waals surface area contributed by atoms with E-state index in [0.717, 1.165) is 12.8 Å². The summed E-state index contributed by atoms with van der Waals surface area (Å²) in [5, 5.41) is 0. The second-order valence-electron chi connectivity index (χ2n) is 12.0. The molecule has 0 saturated carbocycles. The number of benzene rings is 2. The number of rotatable bonds is 10. The van der Waals surface area contributed by atoms with Crippen LogP contribution in [0.15, 0.2) is 73.8 Å². The fourth-order valence-electron chi connectivity index (χ4n) is 6.17. The van der Waals surface area contributed by atoms with Crippen LogP contribution in [0.4, 0.5) is 0 Å². The van der Waals surface area contributed by atoms with E-state index in [9.17, 15) is 0 Å². The molecule has 1 N–H and O–H groups in total. The zero-order chi connectivity index (χ0) is 27.6. The lowest BCUT2D eigenvalue weighted by atomic mass is 9.79. The molecule has 0 spiro atoms. The Bertz CT molecular complexity index is 1300. The number of nitrogens with zero attached hydrogens (tertiary/aromatic N) is 3. The Morgan fingerprint density at radius 2 is 1.23 bits per heavy atom. The molecule has 40 heavy (non-hydrogen) atoms. The molecule has 4 nitrogen and oxygen atoms in total. The van der Waals surface area contributed by atoms with Gasteiger partial charge in [-0.25, -0.2) is 4.57 Å². The van der Waals surface area contributed by atoms with Crippen molar-refractivity contribution in [1.82, 2.24) is 9.55 Å². The molecule has 4 rings (SSSR count). The van der Waals surface area contributed by atoms with Crippen molar-refractivity contribution < 1.29 is 33.9 Å². The van der Waals surface area contributed by atoms with Gasteiger partial charge in [-0.3, -0.25) is 4.98 Å². The lowest BCUT2D eigenvalue weighted by Crippen LogP contribution is -3.00. The van der Waals surface area contributed by atoms with E-state index < -0.39 is 5.66 Å². The molecule has 0 fully saturated rings. The Morgan fingerprint density at radius 1 is 0.725 bits per heavy atom. The van der Waals surface area contributed by atoms with Crippen molar-refractivity contribution in [2.75, 3.05) is 0 Å². The Hall–Kier alpha value is -2.56. The van der Waals surface area contributed by atoms with Crippen LogP contribution in [0.1, 0.15) is 127 Å². The number of H-pyrrole nitrogens is 1. The van der Waals surface area contributed by atoms with Gasteiger partial charge in [0.2, 0.25) is 6.33 Å². The summed E-state index contributed by atoms with van der Waals surface area (Å²) >= 11 is 0. The van der Waals surface area contributed by atoms with E-state index in [1.165, 1.54) is 33.5 Å². The smallest absolute Gasteiger partial charge is 0.279 e. The van der Waals surface area contributed by atoms with Crippen LogP contribution in [0.3, 0.4) is 0 Å². The number of hydrogen-bond donors (Lipinski definition) is 1. The topological polar surface area (TPSA) is 28.5 Å². The van der Waals surface area contributed by atoms with Crippen molar-refractivity contribution in [3.63, 3.8) is 0 Å². The molecule has 6 heteroatoms. The summed E-state index contributed by atoms with van der Waals surface area (Å²) in [6.45, 7) is 20.8. The maximum atomic E-state index is 3.36. The van der Waals surface area contributed by atoms with Gasteiger partial charge in [0.05, 0.1) is 5.56 Å². The first-order chi connectivity index (χ1) is 18.1. The van der Waals surface area contributed by atoms with Crippen LogP contribution >= 0.6 is 0 Å². The standard InChI is InChI=1S/C34H47N4.2ClH/c1-10-17-34(37-19-18-35-22-37,32-28(24(2)3)13-11-14-29(32)25(4)5)38-21-20-36(23-38)33-30(26(6)7)15-12-16-31(33)27(8)9;;/h11-16,18-27H,10,17H2,1-9H3;2*1H/q+1;;/p-1. The van der Waals surface area contributed by atoms with Crippen LogP contribution in [0.5, 0.6) is 0 Å². The summed E-state index contributed by atoms with van der Waals surface area (Å²) in [5.41, 5.74) is 7.97. The van der Waals surface area contributed by atoms with Crippen molar-refractivity contribution in [1.29, 1.82) is 0 Å². The quantitative estimate of drug-likeness (QED) is 0.277. The van der Waals surface area contributed by atoms with Gasteiger partial charge in [0, 0.05) is 17.5 Å². The molecule has 4 aromatic rings. The lowest BCUT2D eigenvalue weighted by molar-refractivity contribution is -0.983. The molecular weight excluding hydrogens is 535 g/mol. The van der Waals surface area contributed by atoms with Crippen LogP contribution in [0, 0.1) is 0 Å². The first-order valence-corrected chi connectivity index (χ1v) is 14.5. The third-order valence-electron chi connectivity index (χ3n) is 8.01. The van der Waals surface area contributed by atoms with Gasteiger partial charge in [0.25, 0.3) is 12.0 Å². The van der Waals surface area contributed by atoms with Crippen molar-refractivity contribution in [2.24, 2.45) is 0 Å². The summed E-state index contributed by atoms with van der Waals surface area (Å²) in [4.78, 5) is 3.36. The van der Waals surface area contributed by atoms with Crippen LogP contribution in [0.2, 0.25) is 0 Å². The minimum absolute atomic E-state index is 0. The zero-order valence-electron chi connectivity index (χ0n) is 25.7. The minimum atomic E-state index is -0.398. The lowest BCUT2D eigenvalue weighted by Gasteiger charge is -2.33. The fraction of sp³-hybridized carbons (Fsp3) is 0.471. The van der Waals surface area contributed by atoms with E-state index in [1.54, 1.807) is 0 Å². The van der Waals surface area contributed by atoms with Crippen molar-refractivity contribution in [3.8, 4) is 5.69 Å². The van der Waals surface area contributed by atoms with Gasteiger partial charge in [0.1, 0.15) is 30.5 Å². The first kappa shape index (κ1) is 33.6. The molecular formula is C34H48Cl2N4. The minimum Gasteiger partial charge on any atom is -1.00 e. The van der Waals surface area contributed by atoms with E-state index in [-0.39, 0.29) is 24.8 Å². The molecule has 0 aliphatic heterocycles. The third kappa shape index (κ3) is 6.04. The highest BCUT2D eigenvalue weighted by atomic mass is 35.5. The average molecular weight is 584 g/mol. The maximum absolute atomic E-state index is 3.36. The number of halogens is 2. The third-order valence-corrected chi connectivity index (χ3v) is 8.01. The van der Waals surface area contributed by atoms with Gasteiger partial charge in [-0.2, -0.15) is 9.13 Å². The van der Waals surface area contributed by atoms with Crippen molar-refractivity contribution in [3.05, 3.63) is 102 Å². The molecule has 2 aromatic carbocycles. The Morgan fingerprint density at radius 3 is 1.65 bits per heavy atom. The van der Waals surface area contributed by atoms with Crippen LogP contribution in [0.25, 0.3) is 5.69 Å². The molecule has 0 aliphatic rings. The Kier molecular flexibility index (Phi) is 11.7. The van der Waals surface area contributed by atoms with Crippen LogP contribution in [-0.2, 0) is 5.66 Å². The van der Waals surface area contributed by atoms with Gasteiger partial charge in [-0.05, 0) is 41.2 Å². The fourth-order valence-corrected chi connectivity index (χ4v) is 6.17. The second kappa shape index (κ2) is 13.9. The number of aromatic nitrogens is 4. The molecule has 0 bridgehead atoms. The van der Waals surface area contributed by atoms with E-state index in [1.807, 2.05) is 6.20 Å². The Balaban J connectivity index is 0.00000280. The van der Waals surface area contributed by atoms with Crippen molar-refractivity contribution >= 4 is 0 Å². The van der Waals surface area contributed by atoms with Gasteiger partial charge >= 0.3 is 0 Å². The number of para-hydroxylation sites is 1. The SMILES string of the molecule is CCCC(c1c(C(C)C)cccc1C(C)C)([n+]1cc[nH]c1)[n+]1ccn(-c2c(C(C)C)cccc2C(C)C)c1.[Cl-].[Cl-]. The predicted octanol–water partition coefficient (Wildman–Crippen LogP) is 1.93.